The normalized spacial score (nSPS) is 28.1. The summed E-state index contributed by atoms with van der Waals surface area (Å²) in [6.07, 6.45) is 1.07. The van der Waals surface area contributed by atoms with Crippen molar-refractivity contribution in [1.82, 2.24) is 5.32 Å². The fourth-order valence-corrected chi connectivity index (χ4v) is 3.03. The number of rotatable bonds is 0. The standard InChI is InChI=1S/C11H12BrFN2/c12-6-3-7-8-5-14-2-1-10(8)15-11(7)9(13)4-6/h3-4,8,10,14-15H,1-2,5H2. The molecule has 0 radical (unpaired) electrons. The van der Waals surface area contributed by atoms with Crippen molar-refractivity contribution in [1.29, 1.82) is 0 Å². The molecule has 0 aliphatic carbocycles. The quantitative estimate of drug-likeness (QED) is 0.757. The Kier molecular flexibility index (Phi) is 2.21. The van der Waals surface area contributed by atoms with Crippen molar-refractivity contribution in [2.24, 2.45) is 0 Å². The topological polar surface area (TPSA) is 24.1 Å². The van der Waals surface area contributed by atoms with Crippen LogP contribution in [-0.2, 0) is 0 Å². The van der Waals surface area contributed by atoms with E-state index >= 15 is 0 Å². The van der Waals surface area contributed by atoms with E-state index in [9.17, 15) is 4.39 Å². The first kappa shape index (κ1) is 9.60. The zero-order valence-electron chi connectivity index (χ0n) is 8.19. The molecule has 2 aliphatic rings. The Balaban J connectivity index is 2.08. The lowest BCUT2D eigenvalue weighted by atomic mass is 9.90. The van der Waals surface area contributed by atoms with Gasteiger partial charge in [0.15, 0.2) is 0 Å². The number of halogens is 2. The van der Waals surface area contributed by atoms with Crippen LogP contribution in [0.1, 0.15) is 17.9 Å². The fourth-order valence-electron chi connectivity index (χ4n) is 2.58. The highest BCUT2D eigenvalue weighted by atomic mass is 79.9. The van der Waals surface area contributed by atoms with E-state index in [4.69, 9.17) is 0 Å². The van der Waals surface area contributed by atoms with Gasteiger partial charge in [0.2, 0.25) is 0 Å². The number of benzene rings is 1. The molecule has 0 bridgehead atoms. The minimum atomic E-state index is -0.145. The monoisotopic (exact) mass is 270 g/mol. The first-order valence-electron chi connectivity index (χ1n) is 5.22. The van der Waals surface area contributed by atoms with Crippen LogP contribution in [0.15, 0.2) is 16.6 Å². The van der Waals surface area contributed by atoms with Gasteiger partial charge in [0, 0.05) is 23.0 Å². The molecule has 0 amide bonds. The van der Waals surface area contributed by atoms with E-state index in [0.717, 1.165) is 29.5 Å². The Hall–Kier alpha value is -0.610. The summed E-state index contributed by atoms with van der Waals surface area (Å²) < 4.78 is 14.5. The summed E-state index contributed by atoms with van der Waals surface area (Å²) in [4.78, 5) is 0. The number of fused-ring (bicyclic) bond motifs is 3. The maximum Gasteiger partial charge on any atom is 0.147 e. The molecular formula is C11H12BrFN2. The second kappa shape index (κ2) is 3.46. The predicted octanol–water partition coefficient (Wildman–Crippen LogP) is 2.46. The van der Waals surface area contributed by atoms with E-state index in [2.05, 4.69) is 26.6 Å². The van der Waals surface area contributed by atoms with Crippen molar-refractivity contribution < 1.29 is 4.39 Å². The van der Waals surface area contributed by atoms with Crippen LogP contribution < -0.4 is 10.6 Å². The molecule has 2 nitrogen and oxygen atoms in total. The van der Waals surface area contributed by atoms with Gasteiger partial charge in [-0.1, -0.05) is 15.9 Å². The maximum absolute atomic E-state index is 13.7. The summed E-state index contributed by atoms with van der Waals surface area (Å²) in [5.41, 5.74) is 1.82. The molecule has 4 heteroatoms. The van der Waals surface area contributed by atoms with Gasteiger partial charge in [-0.25, -0.2) is 4.39 Å². The summed E-state index contributed by atoms with van der Waals surface area (Å²) in [5, 5.41) is 6.65. The minimum absolute atomic E-state index is 0.145. The first-order chi connectivity index (χ1) is 7.25. The van der Waals surface area contributed by atoms with E-state index in [1.807, 2.05) is 6.07 Å². The van der Waals surface area contributed by atoms with Crippen molar-refractivity contribution in [2.75, 3.05) is 18.4 Å². The lowest BCUT2D eigenvalue weighted by Gasteiger charge is -2.26. The second-order valence-electron chi connectivity index (χ2n) is 4.20. The Labute approximate surface area is 96.4 Å². The zero-order valence-corrected chi connectivity index (χ0v) is 9.77. The van der Waals surface area contributed by atoms with Gasteiger partial charge in [-0.05, 0) is 30.7 Å². The molecule has 2 atom stereocenters. The highest BCUT2D eigenvalue weighted by molar-refractivity contribution is 9.10. The molecule has 0 saturated carbocycles. The molecule has 2 heterocycles. The van der Waals surface area contributed by atoms with Crippen LogP contribution >= 0.6 is 15.9 Å². The predicted molar refractivity (Wildman–Crippen MR) is 61.7 cm³/mol. The van der Waals surface area contributed by atoms with Gasteiger partial charge in [0.05, 0.1) is 5.69 Å². The molecule has 0 spiro atoms. The fraction of sp³-hybridized carbons (Fsp3) is 0.455. The number of hydrogen-bond acceptors (Lipinski definition) is 2. The van der Waals surface area contributed by atoms with Crippen molar-refractivity contribution in [3.8, 4) is 0 Å². The van der Waals surface area contributed by atoms with Gasteiger partial charge < -0.3 is 10.6 Å². The average Bonchev–Trinajstić information content (AvgIpc) is 2.57. The summed E-state index contributed by atoms with van der Waals surface area (Å²) in [7, 11) is 0. The van der Waals surface area contributed by atoms with Crippen molar-refractivity contribution in [2.45, 2.75) is 18.4 Å². The zero-order chi connectivity index (χ0) is 10.4. The smallest absolute Gasteiger partial charge is 0.147 e. The Morgan fingerprint density at radius 2 is 2.27 bits per heavy atom. The molecule has 1 saturated heterocycles. The molecule has 2 N–H and O–H groups in total. The summed E-state index contributed by atoms with van der Waals surface area (Å²) in [6.45, 7) is 1.96. The van der Waals surface area contributed by atoms with Crippen LogP contribution in [0.4, 0.5) is 10.1 Å². The van der Waals surface area contributed by atoms with Crippen LogP contribution in [0.3, 0.4) is 0 Å². The van der Waals surface area contributed by atoms with E-state index in [1.165, 1.54) is 6.07 Å². The summed E-state index contributed by atoms with van der Waals surface area (Å²) >= 11 is 3.34. The number of piperidine rings is 1. The van der Waals surface area contributed by atoms with Crippen LogP contribution in [-0.4, -0.2) is 19.1 Å². The molecule has 1 aromatic carbocycles. The van der Waals surface area contributed by atoms with Gasteiger partial charge in [0.1, 0.15) is 5.82 Å². The van der Waals surface area contributed by atoms with Crippen molar-refractivity contribution >= 4 is 21.6 Å². The second-order valence-corrected chi connectivity index (χ2v) is 5.12. The molecule has 0 aromatic heterocycles. The average molecular weight is 271 g/mol. The molecule has 1 fully saturated rings. The van der Waals surface area contributed by atoms with Gasteiger partial charge in [-0.3, -0.25) is 0 Å². The van der Waals surface area contributed by atoms with Gasteiger partial charge in [-0.15, -0.1) is 0 Å². The van der Waals surface area contributed by atoms with Crippen molar-refractivity contribution in [3.63, 3.8) is 0 Å². The Morgan fingerprint density at radius 3 is 3.13 bits per heavy atom. The number of anilines is 1. The number of hydrogen-bond donors (Lipinski definition) is 2. The highest BCUT2D eigenvalue weighted by Crippen LogP contribution is 2.41. The molecule has 3 rings (SSSR count). The third-order valence-corrected chi connectivity index (χ3v) is 3.75. The van der Waals surface area contributed by atoms with E-state index in [-0.39, 0.29) is 5.82 Å². The number of nitrogens with one attached hydrogen (secondary N) is 2. The minimum Gasteiger partial charge on any atom is -0.379 e. The van der Waals surface area contributed by atoms with Gasteiger partial charge in [-0.2, -0.15) is 0 Å². The van der Waals surface area contributed by atoms with Crippen LogP contribution in [0, 0.1) is 5.82 Å². The van der Waals surface area contributed by atoms with Crippen LogP contribution in [0.25, 0.3) is 0 Å². The lowest BCUT2D eigenvalue weighted by molar-refractivity contribution is 0.440. The summed E-state index contributed by atoms with van der Waals surface area (Å²) in [6, 6.07) is 3.96. The first-order valence-corrected chi connectivity index (χ1v) is 6.01. The third kappa shape index (κ3) is 1.47. The van der Waals surface area contributed by atoms with Crippen LogP contribution in [0.2, 0.25) is 0 Å². The lowest BCUT2D eigenvalue weighted by Crippen LogP contribution is -2.38. The van der Waals surface area contributed by atoms with E-state index < -0.39 is 0 Å². The molecule has 1 aromatic rings. The van der Waals surface area contributed by atoms with Gasteiger partial charge in [0.25, 0.3) is 0 Å². The largest absolute Gasteiger partial charge is 0.379 e. The molecule has 15 heavy (non-hydrogen) atoms. The Morgan fingerprint density at radius 1 is 1.40 bits per heavy atom. The molecule has 2 aliphatic heterocycles. The highest BCUT2D eigenvalue weighted by Gasteiger charge is 2.35. The molecule has 80 valence electrons. The maximum atomic E-state index is 13.7. The van der Waals surface area contributed by atoms with Crippen LogP contribution in [0.5, 0.6) is 0 Å². The molecule has 2 unspecified atom stereocenters. The van der Waals surface area contributed by atoms with Gasteiger partial charge >= 0.3 is 0 Å². The van der Waals surface area contributed by atoms with E-state index in [1.54, 1.807) is 0 Å². The SMILES string of the molecule is Fc1cc(Br)cc2c1NC1CCNCC21. The molecular weight excluding hydrogens is 259 g/mol. The third-order valence-electron chi connectivity index (χ3n) is 3.30. The summed E-state index contributed by atoms with van der Waals surface area (Å²) in [5.74, 6) is 0.273. The Bertz CT molecular complexity index is 408. The van der Waals surface area contributed by atoms with E-state index in [0.29, 0.717) is 17.6 Å². The van der Waals surface area contributed by atoms with Crippen molar-refractivity contribution in [3.05, 3.63) is 28.0 Å².